The monoisotopic (exact) mass is 431 g/mol. The van der Waals surface area contributed by atoms with E-state index in [1.54, 1.807) is 6.20 Å². The highest BCUT2D eigenvalue weighted by Crippen LogP contribution is 2.26. The average Bonchev–Trinajstić information content (AvgIpc) is 3.23. The van der Waals surface area contributed by atoms with E-state index in [1.807, 2.05) is 42.6 Å². The summed E-state index contributed by atoms with van der Waals surface area (Å²) in [6.07, 6.45) is 7.48. The van der Waals surface area contributed by atoms with Gasteiger partial charge in [0.05, 0.1) is 17.8 Å². The summed E-state index contributed by atoms with van der Waals surface area (Å²) in [5.41, 5.74) is 3.66. The van der Waals surface area contributed by atoms with Gasteiger partial charge in [-0.1, -0.05) is 0 Å². The number of amides is 1. The van der Waals surface area contributed by atoms with Crippen LogP contribution in [0.3, 0.4) is 0 Å². The van der Waals surface area contributed by atoms with Crippen molar-refractivity contribution >= 4 is 17.4 Å². The maximum absolute atomic E-state index is 12.7. The summed E-state index contributed by atoms with van der Waals surface area (Å²) in [6, 6.07) is 11.6. The van der Waals surface area contributed by atoms with Crippen LogP contribution in [-0.2, 0) is 17.7 Å². The Hall–Kier alpha value is -3.19. The molecular weight excluding hydrogens is 402 g/mol. The molecule has 0 radical (unpaired) electrons. The number of nitrogens with one attached hydrogen (secondary N) is 1. The molecular formula is C25H29N5O2. The number of morpholine rings is 1. The van der Waals surface area contributed by atoms with Crippen molar-refractivity contribution in [3.05, 3.63) is 60.0 Å². The molecule has 2 aliphatic heterocycles. The number of hydrogen-bond donors (Lipinski definition) is 1. The second-order valence-electron chi connectivity index (χ2n) is 8.78. The summed E-state index contributed by atoms with van der Waals surface area (Å²) in [5, 5.41) is 2.97. The maximum atomic E-state index is 12.7. The normalized spacial score (nSPS) is 20.6. The first-order chi connectivity index (χ1) is 15.6. The number of pyridine rings is 1. The van der Waals surface area contributed by atoms with Crippen LogP contribution in [0.2, 0.25) is 0 Å². The van der Waals surface area contributed by atoms with Crippen molar-refractivity contribution in [2.24, 2.45) is 0 Å². The van der Waals surface area contributed by atoms with Crippen molar-refractivity contribution < 1.29 is 9.53 Å². The molecule has 2 unspecified atom stereocenters. The summed E-state index contributed by atoms with van der Waals surface area (Å²) in [6.45, 7) is 6.76. The number of imidazole rings is 1. The minimum Gasteiger partial charge on any atom is -0.372 e. The molecule has 7 nitrogen and oxygen atoms in total. The fraction of sp³-hybridized carbons (Fsp3) is 0.400. The zero-order valence-corrected chi connectivity index (χ0v) is 18.6. The summed E-state index contributed by atoms with van der Waals surface area (Å²) in [4.78, 5) is 24.1. The Morgan fingerprint density at radius 1 is 1.00 bits per heavy atom. The smallest absolute Gasteiger partial charge is 0.257 e. The maximum Gasteiger partial charge on any atom is 0.257 e. The van der Waals surface area contributed by atoms with Crippen LogP contribution in [0.25, 0.3) is 11.4 Å². The lowest BCUT2D eigenvalue weighted by molar-refractivity contribution is -0.00546. The molecule has 3 aromatic rings. The first kappa shape index (κ1) is 20.7. The summed E-state index contributed by atoms with van der Waals surface area (Å²) in [5.74, 6) is 1.71. The first-order valence-corrected chi connectivity index (χ1v) is 11.4. The molecule has 4 heterocycles. The second-order valence-corrected chi connectivity index (χ2v) is 8.78. The van der Waals surface area contributed by atoms with Gasteiger partial charge in [-0.05, 0) is 69.5 Å². The number of rotatable bonds is 4. The Morgan fingerprint density at radius 3 is 2.50 bits per heavy atom. The quantitative estimate of drug-likeness (QED) is 0.672. The van der Waals surface area contributed by atoms with Crippen molar-refractivity contribution in [3.8, 4) is 11.4 Å². The zero-order valence-electron chi connectivity index (χ0n) is 18.6. The van der Waals surface area contributed by atoms with E-state index in [9.17, 15) is 4.79 Å². The van der Waals surface area contributed by atoms with Crippen LogP contribution in [-0.4, -0.2) is 45.7 Å². The molecule has 0 bridgehead atoms. The number of aryl methyl sites for hydroxylation is 1. The molecule has 1 aromatic carbocycles. The Labute approximate surface area is 188 Å². The highest BCUT2D eigenvalue weighted by Gasteiger charge is 2.23. The van der Waals surface area contributed by atoms with Gasteiger partial charge in [-0.2, -0.15) is 0 Å². The van der Waals surface area contributed by atoms with Crippen LogP contribution in [0.5, 0.6) is 0 Å². The topological polar surface area (TPSA) is 72.3 Å². The van der Waals surface area contributed by atoms with Gasteiger partial charge in [-0.15, -0.1) is 0 Å². The van der Waals surface area contributed by atoms with Crippen molar-refractivity contribution in [1.82, 2.24) is 14.5 Å². The fourth-order valence-electron chi connectivity index (χ4n) is 4.64. The van der Waals surface area contributed by atoms with E-state index in [0.29, 0.717) is 5.56 Å². The van der Waals surface area contributed by atoms with Gasteiger partial charge in [-0.3, -0.25) is 4.79 Å². The molecule has 0 aliphatic carbocycles. The van der Waals surface area contributed by atoms with Crippen molar-refractivity contribution in [1.29, 1.82) is 0 Å². The third-order valence-electron chi connectivity index (χ3n) is 6.16. The second kappa shape index (κ2) is 8.74. The van der Waals surface area contributed by atoms with E-state index in [2.05, 4.69) is 38.6 Å². The minimum atomic E-state index is -0.168. The Morgan fingerprint density at radius 2 is 1.78 bits per heavy atom. The molecule has 1 N–H and O–H groups in total. The van der Waals surface area contributed by atoms with Crippen LogP contribution < -0.4 is 10.2 Å². The lowest BCUT2D eigenvalue weighted by atomic mass is 10.1. The molecule has 166 valence electrons. The van der Waals surface area contributed by atoms with E-state index in [4.69, 9.17) is 4.74 Å². The standard InChI is InChI=1S/C25H29N5O2/c1-17-15-29(16-18(2)32-17)23-11-8-20(13-26-23)25(31)28-21-9-6-19(7-10-21)24-27-14-22-5-3-4-12-30(22)24/h6-11,13-14,17-18H,3-5,12,15-16H2,1-2H3,(H,28,31). The zero-order chi connectivity index (χ0) is 22.1. The summed E-state index contributed by atoms with van der Waals surface area (Å²) in [7, 11) is 0. The lowest BCUT2D eigenvalue weighted by Gasteiger charge is -2.36. The largest absolute Gasteiger partial charge is 0.372 e. The van der Waals surface area contributed by atoms with Crippen molar-refractivity contribution in [2.75, 3.05) is 23.3 Å². The molecule has 0 saturated carbocycles. The molecule has 2 atom stereocenters. The Bertz CT molecular complexity index is 1080. The van der Waals surface area contributed by atoms with Gasteiger partial charge in [0.25, 0.3) is 5.91 Å². The molecule has 5 rings (SSSR count). The predicted molar refractivity (Wildman–Crippen MR) is 125 cm³/mol. The van der Waals surface area contributed by atoms with Gasteiger partial charge < -0.3 is 19.5 Å². The van der Waals surface area contributed by atoms with E-state index >= 15 is 0 Å². The predicted octanol–water partition coefficient (Wildman–Crippen LogP) is 4.15. The molecule has 1 amide bonds. The van der Waals surface area contributed by atoms with Crippen LogP contribution in [0.4, 0.5) is 11.5 Å². The first-order valence-electron chi connectivity index (χ1n) is 11.4. The number of carbonyl (C=O) groups excluding carboxylic acids is 1. The highest BCUT2D eigenvalue weighted by atomic mass is 16.5. The molecule has 7 heteroatoms. The Kier molecular flexibility index (Phi) is 5.66. The summed E-state index contributed by atoms with van der Waals surface area (Å²) >= 11 is 0. The Balaban J connectivity index is 1.24. The van der Waals surface area contributed by atoms with Gasteiger partial charge in [0.2, 0.25) is 0 Å². The third-order valence-corrected chi connectivity index (χ3v) is 6.16. The minimum absolute atomic E-state index is 0.166. The molecule has 1 fully saturated rings. The van der Waals surface area contributed by atoms with Gasteiger partial charge >= 0.3 is 0 Å². The van der Waals surface area contributed by atoms with Crippen LogP contribution in [0.1, 0.15) is 42.7 Å². The summed E-state index contributed by atoms with van der Waals surface area (Å²) < 4.78 is 8.09. The van der Waals surface area contributed by atoms with Crippen LogP contribution in [0.15, 0.2) is 48.8 Å². The molecule has 1 saturated heterocycles. The lowest BCUT2D eigenvalue weighted by Crippen LogP contribution is -2.45. The molecule has 32 heavy (non-hydrogen) atoms. The van der Waals surface area contributed by atoms with Crippen molar-refractivity contribution in [2.45, 2.75) is 51.9 Å². The number of nitrogens with zero attached hydrogens (tertiary/aromatic N) is 4. The highest BCUT2D eigenvalue weighted by molar-refractivity contribution is 6.04. The van der Waals surface area contributed by atoms with Gasteiger partial charge in [0.1, 0.15) is 11.6 Å². The van der Waals surface area contributed by atoms with E-state index < -0.39 is 0 Å². The number of carbonyl (C=O) groups is 1. The molecule has 2 aromatic heterocycles. The number of hydrogen-bond acceptors (Lipinski definition) is 5. The fourth-order valence-corrected chi connectivity index (χ4v) is 4.64. The van der Waals surface area contributed by atoms with E-state index in [-0.39, 0.29) is 18.1 Å². The van der Waals surface area contributed by atoms with Gasteiger partial charge in [0.15, 0.2) is 0 Å². The number of ether oxygens (including phenoxy) is 1. The van der Waals surface area contributed by atoms with Crippen molar-refractivity contribution in [3.63, 3.8) is 0 Å². The SMILES string of the molecule is CC1CN(c2ccc(C(=O)Nc3ccc(-c4ncc5n4CCCC5)cc3)cn2)CC(C)O1. The molecule has 0 spiro atoms. The molecule has 2 aliphatic rings. The van der Waals surface area contributed by atoms with Gasteiger partial charge in [0, 0.05) is 49.0 Å². The van der Waals surface area contributed by atoms with Crippen LogP contribution in [0, 0.1) is 0 Å². The van der Waals surface area contributed by atoms with Gasteiger partial charge in [-0.25, -0.2) is 9.97 Å². The van der Waals surface area contributed by atoms with E-state index in [1.165, 1.54) is 18.5 Å². The average molecular weight is 432 g/mol. The number of aromatic nitrogens is 3. The van der Waals surface area contributed by atoms with E-state index in [0.717, 1.165) is 48.9 Å². The third kappa shape index (κ3) is 4.25. The number of fused-ring (bicyclic) bond motifs is 1. The van der Waals surface area contributed by atoms with Crippen LogP contribution >= 0.6 is 0 Å². The number of anilines is 2. The number of benzene rings is 1.